The van der Waals surface area contributed by atoms with Crippen LogP contribution in [0.15, 0.2) is 18.2 Å². The third kappa shape index (κ3) is 4.00. The van der Waals surface area contributed by atoms with Crippen LogP contribution in [0.3, 0.4) is 0 Å². The van der Waals surface area contributed by atoms with E-state index >= 15 is 0 Å². The fourth-order valence-electron chi connectivity index (χ4n) is 4.15. The van der Waals surface area contributed by atoms with E-state index in [0.717, 1.165) is 30.1 Å². The Morgan fingerprint density at radius 2 is 2.00 bits per heavy atom. The highest BCUT2D eigenvalue weighted by Gasteiger charge is 2.44. The Hall–Kier alpha value is -2.62. The lowest BCUT2D eigenvalue weighted by atomic mass is 9.91. The molecule has 2 unspecified atom stereocenters. The Morgan fingerprint density at radius 1 is 1.20 bits per heavy atom. The minimum Gasteiger partial charge on any atom is -0.379 e. The maximum atomic E-state index is 12.9. The van der Waals surface area contributed by atoms with E-state index in [-0.39, 0.29) is 24.2 Å². The lowest BCUT2D eigenvalue weighted by Gasteiger charge is -2.27. The highest BCUT2D eigenvalue weighted by Crippen LogP contribution is 2.28. The van der Waals surface area contributed by atoms with Gasteiger partial charge in [0.15, 0.2) is 0 Å². The van der Waals surface area contributed by atoms with Crippen LogP contribution in [0.4, 0.5) is 0 Å². The first kappa shape index (κ1) is 20.6. The molecule has 30 heavy (non-hydrogen) atoms. The Morgan fingerprint density at radius 3 is 2.80 bits per heavy atom. The van der Waals surface area contributed by atoms with E-state index < -0.39 is 23.8 Å². The molecule has 3 aliphatic heterocycles. The summed E-state index contributed by atoms with van der Waals surface area (Å²) in [6, 6.07) is 4.21. The Kier molecular flexibility index (Phi) is 5.68. The van der Waals surface area contributed by atoms with Gasteiger partial charge in [0.1, 0.15) is 6.04 Å². The number of fused-ring (bicyclic) bond motifs is 1. The van der Waals surface area contributed by atoms with Crippen LogP contribution >= 0.6 is 0 Å². The van der Waals surface area contributed by atoms with Crippen molar-refractivity contribution in [2.75, 3.05) is 32.8 Å². The van der Waals surface area contributed by atoms with Crippen LogP contribution in [-0.2, 0) is 20.9 Å². The topological polar surface area (TPSA) is 117 Å². The van der Waals surface area contributed by atoms with Crippen LogP contribution in [0.5, 0.6) is 0 Å². The van der Waals surface area contributed by atoms with Gasteiger partial charge in [0.2, 0.25) is 11.8 Å². The molecule has 2 atom stereocenters. The maximum Gasteiger partial charge on any atom is 0.262 e. The number of amides is 4. The monoisotopic (exact) mass is 414 g/mol. The van der Waals surface area contributed by atoms with Crippen LogP contribution in [0.25, 0.3) is 0 Å². The van der Waals surface area contributed by atoms with E-state index in [0.29, 0.717) is 30.9 Å². The quantitative estimate of drug-likeness (QED) is 0.572. The molecule has 0 radical (unpaired) electrons. The van der Waals surface area contributed by atoms with Gasteiger partial charge in [-0.15, -0.1) is 0 Å². The molecule has 2 saturated heterocycles. The van der Waals surface area contributed by atoms with Crippen molar-refractivity contribution < 1.29 is 23.9 Å². The molecule has 2 fully saturated rings. The van der Waals surface area contributed by atoms with Gasteiger partial charge in [-0.2, -0.15) is 0 Å². The van der Waals surface area contributed by atoms with Crippen molar-refractivity contribution >= 4 is 23.6 Å². The second-order valence-electron chi connectivity index (χ2n) is 8.47. The molecule has 4 rings (SSSR count). The van der Waals surface area contributed by atoms with Gasteiger partial charge in [-0.25, -0.2) is 0 Å². The summed E-state index contributed by atoms with van der Waals surface area (Å²) >= 11 is 0. The number of piperidine rings is 1. The number of hydrogen-bond donors (Lipinski definition) is 3. The highest BCUT2D eigenvalue weighted by atomic mass is 16.5. The van der Waals surface area contributed by atoms with Crippen molar-refractivity contribution in [3.63, 3.8) is 0 Å². The summed E-state index contributed by atoms with van der Waals surface area (Å²) < 4.78 is 5.64. The Bertz CT molecular complexity index is 891. The molecule has 1 aromatic carbocycles. The van der Waals surface area contributed by atoms with E-state index in [9.17, 15) is 19.2 Å². The molecule has 9 heteroatoms. The predicted octanol–water partition coefficient (Wildman–Crippen LogP) is -0.196. The molecule has 1 aromatic rings. The summed E-state index contributed by atoms with van der Waals surface area (Å²) in [6.07, 6.45) is 0.259. The van der Waals surface area contributed by atoms with Crippen LogP contribution in [0, 0.1) is 5.41 Å². The van der Waals surface area contributed by atoms with Crippen molar-refractivity contribution in [1.82, 2.24) is 20.9 Å². The molecule has 4 amide bonds. The molecule has 0 saturated carbocycles. The Balaban J connectivity index is 1.43. The Labute approximate surface area is 174 Å². The number of rotatable bonds is 5. The summed E-state index contributed by atoms with van der Waals surface area (Å²) in [7, 11) is 0. The minimum atomic E-state index is -0.945. The summed E-state index contributed by atoms with van der Waals surface area (Å²) in [5.74, 6) is -1.96. The van der Waals surface area contributed by atoms with Crippen molar-refractivity contribution in [2.45, 2.75) is 32.4 Å². The molecule has 0 spiro atoms. The molecule has 0 bridgehead atoms. The SMILES string of the molecule is CC1(CNCc2ccc3c(c2)C(=O)N(C2CCC(=O)NC2=O)C3=O)CNCCOC1. The van der Waals surface area contributed by atoms with Crippen LogP contribution in [-0.4, -0.2) is 67.4 Å². The average molecular weight is 414 g/mol. The lowest BCUT2D eigenvalue weighted by Crippen LogP contribution is -2.54. The highest BCUT2D eigenvalue weighted by molar-refractivity contribution is 6.23. The molecule has 3 aliphatic rings. The van der Waals surface area contributed by atoms with E-state index in [1.165, 1.54) is 0 Å². The summed E-state index contributed by atoms with van der Waals surface area (Å²) in [6.45, 7) is 6.53. The summed E-state index contributed by atoms with van der Waals surface area (Å²) in [4.78, 5) is 50.1. The molecule has 0 aliphatic carbocycles. The number of imide groups is 2. The molecule has 9 nitrogen and oxygen atoms in total. The fourth-order valence-corrected chi connectivity index (χ4v) is 4.15. The molecule has 3 heterocycles. The van der Waals surface area contributed by atoms with Crippen LogP contribution in [0.1, 0.15) is 46.0 Å². The zero-order valence-electron chi connectivity index (χ0n) is 17.0. The number of nitrogens with zero attached hydrogens (tertiary/aromatic N) is 1. The molecule has 3 N–H and O–H groups in total. The van der Waals surface area contributed by atoms with Crippen LogP contribution < -0.4 is 16.0 Å². The van der Waals surface area contributed by atoms with Gasteiger partial charge in [0.05, 0.1) is 24.3 Å². The van der Waals surface area contributed by atoms with Gasteiger partial charge < -0.3 is 15.4 Å². The summed E-state index contributed by atoms with van der Waals surface area (Å²) in [5, 5.41) is 8.98. The lowest BCUT2D eigenvalue weighted by molar-refractivity contribution is -0.136. The minimum absolute atomic E-state index is 0.0262. The normalized spacial score (nSPS) is 27.1. The van der Waals surface area contributed by atoms with Gasteiger partial charge in [-0.3, -0.25) is 29.4 Å². The zero-order chi connectivity index (χ0) is 21.3. The largest absolute Gasteiger partial charge is 0.379 e. The third-order valence-corrected chi connectivity index (χ3v) is 5.81. The van der Waals surface area contributed by atoms with Gasteiger partial charge in [0, 0.05) is 38.0 Å². The van der Waals surface area contributed by atoms with Crippen molar-refractivity contribution in [3.05, 3.63) is 34.9 Å². The number of nitrogens with one attached hydrogen (secondary N) is 3. The van der Waals surface area contributed by atoms with E-state index in [4.69, 9.17) is 4.74 Å². The predicted molar refractivity (Wildman–Crippen MR) is 107 cm³/mol. The van der Waals surface area contributed by atoms with Gasteiger partial charge in [-0.1, -0.05) is 13.0 Å². The number of benzene rings is 1. The fraction of sp³-hybridized carbons (Fsp3) is 0.524. The number of hydrogen-bond acceptors (Lipinski definition) is 7. The van der Waals surface area contributed by atoms with Crippen molar-refractivity contribution in [2.24, 2.45) is 5.41 Å². The first-order valence-corrected chi connectivity index (χ1v) is 10.2. The molecule has 160 valence electrons. The maximum absolute atomic E-state index is 12.9. The molecular weight excluding hydrogens is 388 g/mol. The average Bonchev–Trinajstić information content (AvgIpc) is 2.85. The van der Waals surface area contributed by atoms with Crippen molar-refractivity contribution in [3.8, 4) is 0 Å². The number of carbonyl (C=O) groups is 4. The first-order chi connectivity index (χ1) is 14.4. The second kappa shape index (κ2) is 8.25. The first-order valence-electron chi connectivity index (χ1n) is 10.2. The number of ether oxygens (including phenoxy) is 1. The smallest absolute Gasteiger partial charge is 0.262 e. The van der Waals surface area contributed by atoms with Crippen molar-refractivity contribution in [1.29, 1.82) is 0 Å². The van der Waals surface area contributed by atoms with Gasteiger partial charge in [0.25, 0.3) is 11.8 Å². The van der Waals surface area contributed by atoms with Gasteiger partial charge in [-0.05, 0) is 24.1 Å². The molecular formula is C21H26N4O5. The van der Waals surface area contributed by atoms with E-state index in [2.05, 4.69) is 22.9 Å². The van der Waals surface area contributed by atoms with Crippen LogP contribution in [0.2, 0.25) is 0 Å². The van der Waals surface area contributed by atoms with E-state index in [1.54, 1.807) is 12.1 Å². The standard InChI is InChI=1S/C21H26N4O5/c1-21(10-22-6-7-30-12-21)11-23-9-13-2-3-14-15(8-13)20(29)25(19(14)28)16-4-5-17(26)24-18(16)27/h2-3,8,16,22-23H,4-7,9-12H2,1H3,(H,24,26,27). The number of carbonyl (C=O) groups excluding carboxylic acids is 4. The second-order valence-corrected chi connectivity index (χ2v) is 8.47. The third-order valence-electron chi connectivity index (χ3n) is 5.81. The van der Waals surface area contributed by atoms with E-state index in [1.807, 2.05) is 6.07 Å². The zero-order valence-corrected chi connectivity index (χ0v) is 17.0. The van der Waals surface area contributed by atoms with Gasteiger partial charge >= 0.3 is 0 Å². The summed E-state index contributed by atoms with van der Waals surface area (Å²) in [5.41, 5.74) is 1.45. The molecule has 0 aromatic heterocycles.